The van der Waals surface area contributed by atoms with Gasteiger partial charge in [0.15, 0.2) is 0 Å². The average Bonchev–Trinajstić information content (AvgIpc) is 2.52. The summed E-state index contributed by atoms with van der Waals surface area (Å²) in [6.45, 7) is 1.88. The number of rotatable bonds is 7. The van der Waals surface area contributed by atoms with Gasteiger partial charge in [-0.15, -0.1) is 12.4 Å². The molecule has 2 aromatic carbocycles. The molecule has 0 aromatic heterocycles. The summed E-state index contributed by atoms with van der Waals surface area (Å²) in [6.07, 6.45) is 1.03. The molecule has 4 heteroatoms. The number of hydrogen-bond donors (Lipinski definition) is 1. The second-order valence-electron chi connectivity index (χ2n) is 5.34. The molecule has 0 unspecified atom stereocenters. The molecular formula is C18H25ClN2O. The first-order valence-electron chi connectivity index (χ1n) is 7.29. The van der Waals surface area contributed by atoms with Gasteiger partial charge in [0.1, 0.15) is 5.75 Å². The van der Waals surface area contributed by atoms with Crippen LogP contribution in [0.1, 0.15) is 11.1 Å². The smallest absolute Gasteiger partial charge is 0.118 e. The second kappa shape index (κ2) is 9.34. The van der Waals surface area contributed by atoms with Gasteiger partial charge in [0, 0.05) is 26.3 Å². The van der Waals surface area contributed by atoms with Crippen molar-refractivity contribution < 1.29 is 4.74 Å². The molecule has 0 aliphatic heterocycles. The Morgan fingerprint density at radius 1 is 0.909 bits per heavy atom. The summed E-state index contributed by atoms with van der Waals surface area (Å²) in [7, 11) is 5.81. The summed E-state index contributed by atoms with van der Waals surface area (Å²) in [5.74, 6) is 0.910. The molecule has 0 saturated carbocycles. The molecule has 0 aliphatic carbocycles. The van der Waals surface area contributed by atoms with Crippen LogP contribution in [-0.4, -0.2) is 27.7 Å². The van der Waals surface area contributed by atoms with Crippen molar-refractivity contribution in [2.45, 2.75) is 13.0 Å². The summed E-state index contributed by atoms with van der Waals surface area (Å²) in [4.78, 5) is 2.11. The Bertz CT molecular complexity index is 538. The van der Waals surface area contributed by atoms with Gasteiger partial charge in [-0.2, -0.15) is 0 Å². The standard InChI is InChI=1S/C18H24N2O.ClH/c1-20(2)17-8-4-16(5-9-17)14-19-13-12-15-6-10-18(21-3)11-7-15;/h4-11,19H,12-14H2,1-3H3;1H. The van der Waals surface area contributed by atoms with Gasteiger partial charge >= 0.3 is 0 Å². The topological polar surface area (TPSA) is 24.5 Å². The second-order valence-corrected chi connectivity index (χ2v) is 5.34. The largest absolute Gasteiger partial charge is 0.497 e. The van der Waals surface area contributed by atoms with Gasteiger partial charge in [0.2, 0.25) is 0 Å². The Morgan fingerprint density at radius 2 is 1.50 bits per heavy atom. The van der Waals surface area contributed by atoms with Crippen LogP contribution >= 0.6 is 12.4 Å². The van der Waals surface area contributed by atoms with Crippen molar-refractivity contribution in [3.05, 3.63) is 59.7 Å². The summed E-state index contributed by atoms with van der Waals surface area (Å²) in [5, 5.41) is 3.48. The van der Waals surface area contributed by atoms with Gasteiger partial charge in [0.05, 0.1) is 7.11 Å². The van der Waals surface area contributed by atoms with Gasteiger partial charge in [-0.05, 0) is 48.4 Å². The molecule has 2 rings (SSSR count). The lowest BCUT2D eigenvalue weighted by Gasteiger charge is -2.13. The van der Waals surface area contributed by atoms with Gasteiger partial charge < -0.3 is 15.0 Å². The fourth-order valence-corrected chi connectivity index (χ4v) is 2.17. The van der Waals surface area contributed by atoms with E-state index in [1.807, 2.05) is 12.1 Å². The number of anilines is 1. The highest BCUT2D eigenvalue weighted by Gasteiger charge is 1.97. The van der Waals surface area contributed by atoms with Gasteiger partial charge in [0.25, 0.3) is 0 Å². The van der Waals surface area contributed by atoms with Crippen LogP contribution in [0.15, 0.2) is 48.5 Å². The van der Waals surface area contributed by atoms with Gasteiger partial charge in [-0.3, -0.25) is 0 Å². The Labute approximate surface area is 139 Å². The van der Waals surface area contributed by atoms with E-state index < -0.39 is 0 Å². The molecule has 0 saturated heterocycles. The predicted molar refractivity (Wildman–Crippen MR) is 96.4 cm³/mol. The number of ether oxygens (including phenoxy) is 1. The number of methoxy groups -OCH3 is 1. The lowest BCUT2D eigenvalue weighted by atomic mass is 10.1. The third kappa shape index (κ3) is 5.58. The minimum atomic E-state index is 0. The van der Waals surface area contributed by atoms with Crippen molar-refractivity contribution in [1.82, 2.24) is 5.32 Å². The number of nitrogens with zero attached hydrogens (tertiary/aromatic N) is 1. The quantitative estimate of drug-likeness (QED) is 0.790. The molecule has 0 atom stereocenters. The first-order valence-corrected chi connectivity index (χ1v) is 7.29. The van der Waals surface area contributed by atoms with Crippen LogP contribution in [-0.2, 0) is 13.0 Å². The summed E-state index contributed by atoms with van der Waals surface area (Å²) in [6, 6.07) is 16.9. The molecule has 0 radical (unpaired) electrons. The zero-order chi connectivity index (χ0) is 15.1. The Morgan fingerprint density at radius 3 is 2.05 bits per heavy atom. The van der Waals surface area contributed by atoms with E-state index in [0.717, 1.165) is 25.3 Å². The molecule has 0 fully saturated rings. The van der Waals surface area contributed by atoms with Crippen LogP contribution in [0.5, 0.6) is 5.75 Å². The van der Waals surface area contributed by atoms with E-state index in [0.29, 0.717) is 0 Å². The monoisotopic (exact) mass is 320 g/mol. The molecule has 0 amide bonds. The van der Waals surface area contributed by atoms with Crippen molar-refractivity contribution in [1.29, 1.82) is 0 Å². The van der Waals surface area contributed by atoms with Crippen LogP contribution in [0, 0.1) is 0 Å². The van der Waals surface area contributed by atoms with Crippen molar-refractivity contribution >= 4 is 18.1 Å². The highest BCUT2D eigenvalue weighted by molar-refractivity contribution is 5.85. The highest BCUT2D eigenvalue weighted by Crippen LogP contribution is 2.13. The highest BCUT2D eigenvalue weighted by atomic mass is 35.5. The fraction of sp³-hybridized carbons (Fsp3) is 0.333. The zero-order valence-corrected chi connectivity index (χ0v) is 14.3. The van der Waals surface area contributed by atoms with Crippen LogP contribution in [0.2, 0.25) is 0 Å². The van der Waals surface area contributed by atoms with Crippen molar-refractivity contribution in [2.75, 3.05) is 32.6 Å². The molecule has 120 valence electrons. The zero-order valence-electron chi connectivity index (χ0n) is 13.5. The lowest BCUT2D eigenvalue weighted by Crippen LogP contribution is -2.16. The maximum Gasteiger partial charge on any atom is 0.118 e. The molecule has 0 heterocycles. The van der Waals surface area contributed by atoms with Crippen LogP contribution < -0.4 is 15.0 Å². The van der Waals surface area contributed by atoms with E-state index in [4.69, 9.17) is 4.74 Å². The number of nitrogens with one attached hydrogen (secondary N) is 1. The van der Waals surface area contributed by atoms with E-state index in [2.05, 4.69) is 60.7 Å². The van der Waals surface area contributed by atoms with Crippen LogP contribution in [0.3, 0.4) is 0 Å². The molecule has 2 aromatic rings. The summed E-state index contributed by atoms with van der Waals surface area (Å²) in [5.41, 5.74) is 3.87. The first kappa shape index (κ1) is 18.3. The Hall–Kier alpha value is -1.71. The molecule has 22 heavy (non-hydrogen) atoms. The number of benzene rings is 2. The van der Waals surface area contributed by atoms with E-state index in [1.54, 1.807) is 7.11 Å². The van der Waals surface area contributed by atoms with Crippen LogP contribution in [0.25, 0.3) is 0 Å². The van der Waals surface area contributed by atoms with E-state index in [1.165, 1.54) is 16.8 Å². The Kier molecular flexibility index (Phi) is 7.78. The number of hydrogen-bond acceptors (Lipinski definition) is 3. The summed E-state index contributed by atoms with van der Waals surface area (Å²) >= 11 is 0. The Balaban J connectivity index is 0.00000242. The normalized spacial score (nSPS) is 9.95. The van der Waals surface area contributed by atoms with Gasteiger partial charge in [-0.1, -0.05) is 24.3 Å². The predicted octanol–water partition coefficient (Wildman–Crippen LogP) is 3.52. The maximum absolute atomic E-state index is 5.16. The van der Waals surface area contributed by atoms with Crippen molar-refractivity contribution in [3.63, 3.8) is 0 Å². The SMILES string of the molecule is COc1ccc(CCNCc2ccc(N(C)C)cc2)cc1.Cl. The average molecular weight is 321 g/mol. The molecular weight excluding hydrogens is 296 g/mol. The molecule has 0 spiro atoms. The van der Waals surface area contributed by atoms with Crippen LogP contribution in [0.4, 0.5) is 5.69 Å². The van der Waals surface area contributed by atoms with Crippen molar-refractivity contribution in [3.8, 4) is 5.75 Å². The van der Waals surface area contributed by atoms with Crippen molar-refractivity contribution in [2.24, 2.45) is 0 Å². The fourth-order valence-electron chi connectivity index (χ4n) is 2.17. The van der Waals surface area contributed by atoms with E-state index >= 15 is 0 Å². The minimum Gasteiger partial charge on any atom is -0.497 e. The van der Waals surface area contributed by atoms with E-state index in [9.17, 15) is 0 Å². The molecule has 1 N–H and O–H groups in total. The molecule has 3 nitrogen and oxygen atoms in total. The van der Waals surface area contributed by atoms with E-state index in [-0.39, 0.29) is 12.4 Å². The number of halogens is 1. The minimum absolute atomic E-state index is 0. The molecule has 0 aliphatic rings. The lowest BCUT2D eigenvalue weighted by molar-refractivity contribution is 0.414. The molecule has 0 bridgehead atoms. The maximum atomic E-state index is 5.16. The third-order valence-electron chi connectivity index (χ3n) is 3.53. The third-order valence-corrected chi connectivity index (χ3v) is 3.53. The van der Waals surface area contributed by atoms with Gasteiger partial charge in [-0.25, -0.2) is 0 Å². The first-order chi connectivity index (χ1) is 10.2. The summed E-state index contributed by atoms with van der Waals surface area (Å²) < 4.78 is 5.16.